The third-order valence-corrected chi connectivity index (χ3v) is 5.16. The first-order chi connectivity index (χ1) is 9.61. The van der Waals surface area contributed by atoms with Gasteiger partial charge in [0.25, 0.3) is 0 Å². The number of aromatic nitrogens is 2. The molecule has 108 valence electrons. The summed E-state index contributed by atoms with van der Waals surface area (Å²) in [4.78, 5) is 2.12. The summed E-state index contributed by atoms with van der Waals surface area (Å²) in [5, 5.41) is 4.50. The predicted octanol–water partition coefficient (Wildman–Crippen LogP) is 2.26. The molecule has 2 aromatic rings. The van der Waals surface area contributed by atoms with E-state index < -0.39 is 17.0 Å². The monoisotopic (exact) mass is 315 g/mol. The maximum atomic E-state index is 13.8. The summed E-state index contributed by atoms with van der Waals surface area (Å²) in [6.07, 6.45) is 1.97. The summed E-state index contributed by atoms with van der Waals surface area (Å²) in [6.45, 7) is 3.42. The van der Waals surface area contributed by atoms with Gasteiger partial charge in [0.1, 0.15) is 22.8 Å². The molecule has 0 bridgehead atoms. The highest BCUT2D eigenvalue weighted by Gasteiger charge is 2.25. The van der Waals surface area contributed by atoms with Crippen LogP contribution in [0.1, 0.15) is 12.5 Å². The molecule has 2 aromatic heterocycles. The molecule has 1 saturated heterocycles. The van der Waals surface area contributed by atoms with Gasteiger partial charge in [-0.05, 0) is 18.1 Å². The lowest BCUT2D eigenvalue weighted by atomic mass is 10.1. The molecule has 3 heterocycles. The summed E-state index contributed by atoms with van der Waals surface area (Å²) in [6, 6.07) is 1.81. The van der Waals surface area contributed by atoms with Gasteiger partial charge in [0, 0.05) is 0 Å². The summed E-state index contributed by atoms with van der Waals surface area (Å²) in [5.74, 6) is 1.72. The molecular formula is C13H15ClFN3OS. The van der Waals surface area contributed by atoms with Crippen molar-refractivity contribution in [2.24, 2.45) is 0 Å². The molecule has 0 aromatic carbocycles. The van der Waals surface area contributed by atoms with Crippen molar-refractivity contribution in [2.75, 3.05) is 29.5 Å². The van der Waals surface area contributed by atoms with Gasteiger partial charge in [-0.25, -0.2) is 8.91 Å². The minimum absolute atomic E-state index is 0.311. The van der Waals surface area contributed by atoms with Crippen LogP contribution in [0.15, 0.2) is 12.3 Å². The molecule has 0 aliphatic carbocycles. The van der Waals surface area contributed by atoms with E-state index in [9.17, 15) is 8.94 Å². The van der Waals surface area contributed by atoms with Crippen molar-refractivity contribution in [3.8, 4) is 0 Å². The topological polar surface area (TPSA) is 43.6 Å². The Labute approximate surface area is 124 Å². The van der Waals surface area contributed by atoms with Gasteiger partial charge in [-0.1, -0.05) is 29.7 Å². The number of halogens is 2. The zero-order valence-corrected chi connectivity index (χ0v) is 12.7. The second kappa shape index (κ2) is 5.42. The number of pyridine rings is 1. The number of nitrogens with zero attached hydrogens (tertiary/aromatic N) is 3. The van der Waals surface area contributed by atoms with Crippen molar-refractivity contribution >= 4 is 34.1 Å². The Morgan fingerprint density at radius 1 is 1.45 bits per heavy atom. The van der Waals surface area contributed by atoms with E-state index in [-0.39, 0.29) is 0 Å². The molecule has 1 aliphatic rings. The van der Waals surface area contributed by atoms with Crippen LogP contribution in [0.4, 0.5) is 10.2 Å². The van der Waals surface area contributed by atoms with Gasteiger partial charge < -0.3 is 9.45 Å². The second-order valence-electron chi connectivity index (χ2n) is 4.78. The van der Waals surface area contributed by atoms with Gasteiger partial charge in [0.15, 0.2) is 5.82 Å². The normalized spacial score (nSPS) is 17.1. The first-order valence-corrected chi connectivity index (χ1v) is 8.43. The molecule has 3 rings (SSSR count). The lowest BCUT2D eigenvalue weighted by Crippen LogP contribution is -2.41. The molecule has 0 unspecified atom stereocenters. The number of hydrogen-bond donors (Lipinski definition) is 0. The van der Waals surface area contributed by atoms with Crippen LogP contribution in [0.5, 0.6) is 0 Å². The third-order valence-electron chi connectivity index (χ3n) is 3.60. The average Bonchev–Trinajstić information content (AvgIpc) is 2.82. The summed E-state index contributed by atoms with van der Waals surface area (Å²) < 4.78 is 26.9. The van der Waals surface area contributed by atoms with Gasteiger partial charge in [0.05, 0.1) is 24.3 Å². The Kier molecular flexibility index (Phi) is 3.79. The van der Waals surface area contributed by atoms with Crippen LogP contribution in [0.2, 0.25) is 5.02 Å². The maximum absolute atomic E-state index is 13.8. The summed E-state index contributed by atoms with van der Waals surface area (Å²) >= 11 is 5.41. The van der Waals surface area contributed by atoms with Gasteiger partial charge >= 0.3 is 0 Å². The summed E-state index contributed by atoms with van der Waals surface area (Å²) in [5.41, 5.74) is 1.34. The van der Waals surface area contributed by atoms with Crippen molar-refractivity contribution in [1.82, 2.24) is 9.61 Å². The third kappa shape index (κ3) is 2.25. The van der Waals surface area contributed by atoms with Crippen LogP contribution in [0, 0.1) is 5.82 Å². The fourth-order valence-electron chi connectivity index (χ4n) is 2.57. The van der Waals surface area contributed by atoms with Crippen LogP contribution in [-0.4, -0.2) is 38.8 Å². The van der Waals surface area contributed by atoms with E-state index in [4.69, 9.17) is 11.6 Å². The van der Waals surface area contributed by atoms with Crippen LogP contribution < -0.4 is 4.90 Å². The van der Waals surface area contributed by atoms with E-state index in [0.717, 1.165) is 17.8 Å². The van der Waals surface area contributed by atoms with Crippen LogP contribution in [0.25, 0.3) is 5.52 Å². The van der Waals surface area contributed by atoms with E-state index in [1.807, 2.05) is 13.0 Å². The molecule has 4 nitrogen and oxygen atoms in total. The first-order valence-electron chi connectivity index (χ1n) is 6.56. The number of fused-ring (bicyclic) bond motifs is 1. The van der Waals surface area contributed by atoms with Crippen LogP contribution in [0.3, 0.4) is 0 Å². The minimum atomic E-state index is -0.748. The fourth-order valence-corrected chi connectivity index (χ4v) is 3.93. The van der Waals surface area contributed by atoms with E-state index in [0.29, 0.717) is 35.1 Å². The van der Waals surface area contributed by atoms with Gasteiger partial charge in [-0.15, -0.1) is 0 Å². The Balaban J connectivity index is 2.15. The highest BCUT2D eigenvalue weighted by Crippen LogP contribution is 2.31. The minimum Gasteiger partial charge on any atom is -0.616 e. The van der Waals surface area contributed by atoms with Crippen molar-refractivity contribution in [3.05, 3.63) is 28.7 Å². The first kappa shape index (κ1) is 14.0. The van der Waals surface area contributed by atoms with Crippen LogP contribution >= 0.6 is 11.6 Å². The summed E-state index contributed by atoms with van der Waals surface area (Å²) in [7, 11) is 0. The largest absolute Gasteiger partial charge is 0.616 e. The highest BCUT2D eigenvalue weighted by molar-refractivity contribution is 7.91. The number of rotatable bonds is 2. The molecule has 0 N–H and O–H groups in total. The Bertz CT molecular complexity index is 640. The van der Waals surface area contributed by atoms with Crippen LogP contribution in [-0.2, 0) is 17.6 Å². The molecule has 0 radical (unpaired) electrons. The van der Waals surface area contributed by atoms with Gasteiger partial charge in [-0.3, -0.25) is 0 Å². The second-order valence-corrected chi connectivity index (χ2v) is 6.89. The molecule has 7 heteroatoms. The number of hydrogen-bond acceptors (Lipinski definition) is 3. The molecule has 0 amide bonds. The Morgan fingerprint density at radius 3 is 2.80 bits per heavy atom. The number of aryl methyl sites for hydroxylation is 1. The van der Waals surface area contributed by atoms with Gasteiger partial charge in [0.2, 0.25) is 0 Å². The molecule has 20 heavy (non-hydrogen) atoms. The van der Waals surface area contributed by atoms with E-state index >= 15 is 0 Å². The number of anilines is 1. The van der Waals surface area contributed by atoms with Crippen molar-refractivity contribution in [1.29, 1.82) is 0 Å². The SMILES string of the molecule is CCc1cc(Cl)c2c(F)cnn2c1N1CC[S+]([O-])CC1. The van der Waals surface area contributed by atoms with Crippen molar-refractivity contribution in [2.45, 2.75) is 13.3 Å². The lowest BCUT2D eigenvalue weighted by Gasteiger charge is -2.31. The quantitative estimate of drug-likeness (QED) is 0.798. The smallest absolute Gasteiger partial charge is 0.170 e. The fraction of sp³-hybridized carbons (Fsp3) is 0.462. The molecule has 1 aliphatic heterocycles. The van der Waals surface area contributed by atoms with E-state index in [1.165, 1.54) is 6.20 Å². The Hall–Kier alpha value is -0.980. The standard InChI is InChI=1S/C13H15ClFN3OS/c1-2-9-7-10(14)12-11(15)8-16-18(12)13(9)17-3-5-20(19)6-4-17/h7-8H,2-6H2,1H3. The van der Waals surface area contributed by atoms with E-state index in [2.05, 4.69) is 10.00 Å². The zero-order chi connectivity index (χ0) is 14.3. The van der Waals surface area contributed by atoms with Crippen molar-refractivity contribution in [3.63, 3.8) is 0 Å². The molecule has 0 saturated carbocycles. The predicted molar refractivity (Wildman–Crippen MR) is 79.6 cm³/mol. The Morgan fingerprint density at radius 2 is 2.15 bits per heavy atom. The van der Waals surface area contributed by atoms with Gasteiger partial charge in [-0.2, -0.15) is 5.10 Å². The molecule has 0 atom stereocenters. The highest BCUT2D eigenvalue weighted by atomic mass is 35.5. The molecule has 1 fully saturated rings. The molecular weight excluding hydrogens is 301 g/mol. The van der Waals surface area contributed by atoms with E-state index in [1.54, 1.807) is 4.52 Å². The van der Waals surface area contributed by atoms with Crippen molar-refractivity contribution < 1.29 is 8.94 Å². The maximum Gasteiger partial charge on any atom is 0.170 e. The lowest BCUT2D eigenvalue weighted by molar-refractivity contribution is 0.584. The average molecular weight is 316 g/mol. The zero-order valence-electron chi connectivity index (χ0n) is 11.1. The molecule has 0 spiro atoms.